The van der Waals surface area contributed by atoms with E-state index in [-0.39, 0.29) is 17.1 Å². The number of hydrogen-bond donors (Lipinski definition) is 1. The third-order valence-electron chi connectivity index (χ3n) is 2.34. The Morgan fingerprint density at radius 3 is 2.35 bits per heavy atom. The number of halogens is 1. The molecule has 0 radical (unpaired) electrons. The van der Waals surface area contributed by atoms with Gasteiger partial charge < -0.3 is 5.32 Å². The fourth-order valence-corrected chi connectivity index (χ4v) is 1.96. The van der Waals surface area contributed by atoms with Gasteiger partial charge in [0, 0.05) is 11.8 Å². The molecule has 0 aromatic heterocycles. The average Bonchev–Trinajstić information content (AvgIpc) is 2.40. The van der Waals surface area contributed by atoms with E-state index < -0.39 is 10.5 Å². The zero-order valence-corrected chi connectivity index (χ0v) is 11.7. The first kappa shape index (κ1) is 15.2. The molecule has 0 spiro atoms. The molecule has 1 aromatic carbocycles. The van der Waals surface area contributed by atoms with Crippen LogP contribution in [0.4, 0.5) is 11.4 Å². The summed E-state index contributed by atoms with van der Waals surface area (Å²) in [6, 6.07) is 7.58. The van der Waals surface area contributed by atoms with E-state index in [1.807, 2.05) is 0 Å². The maximum Gasteiger partial charge on any atom is 0.285 e. The van der Waals surface area contributed by atoms with Gasteiger partial charge in [-0.05, 0) is 34.5 Å². The molecule has 0 fully saturated rings. The number of rotatable bonds is 3. The third-order valence-corrected chi connectivity index (χ3v) is 2.97. The van der Waals surface area contributed by atoms with Crippen LogP contribution in [0.25, 0.3) is 0 Å². The lowest BCUT2D eigenvalue weighted by Crippen LogP contribution is -2.03. The van der Waals surface area contributed by atoms with Crippen molar-refractivity contribution >= 4 is 27.3 Å². The van der Waals surface area contributed by atoms with Crippen molar-refractivity contribution in [1.82, 2.24) is 0 Å². The van der Waals surface area contributed by atoms with Gasteiger partial charge in [-0.25, -0.2) is 0 Å². The minimum atomic E-state index is -0.583. The Hall–Kier alpha value is -2.89. The first-order valence-electron chi connectivity index (χ1n) is 5.10. The zero-order chi connectivity index (χ0) is 15.3. The number of nitriles is 3. The minimum Gasteiger partial charge on any atom is -0.345 e. The molecule has 0 bridgehead atoms. The molecule has 8 heteroatoms. The van der Waals surface area contributed by atoms with E-state index in [2.05, 4.69) is 21.2 Å². The zero-order valence-electron chi connectivity index (χ0n) is 10.1. The van der Waals surface area contributed by atoms with Gasteiger partial charge in [0.05, 0.1) is 9.40 Å². The SMILES string of the molecule is Cc1cc(Br)c([N+](=O)[O-])cc1NC(C#N)=C(C#N)C#N. The summed E-state index contributed by atoms with van der Waals surface area (Å²) < 4.78 is 0.300. The monoisotopic (exact) mass is 331 g/mol. The second-order valence-corrected chi connectivity index (χ2v) is 4.44. The Morgan fingerprint density at radius 2 is 1.90 bits per heavy atom. The molecule has 98 valence electrons. The fraction of sp³-hybridized carbons (Fsp3) is 0.0833. The Balaban J connectivity index is 3.37. The predicted octanol–water partition coefficient (Wildman–Crippen LogP) is 2.90. The van der Waals surface area contributed by atoms with E-state index in [1.165, 1.54) is 12.1 Å². The van der Waals surface area contributed by atoms with Crippen LogP contribution in [0.2, 0.25) is 0 Å². The number of nitrogens with zero attached hydrogens (tertiary/aromatic N) is 4. The van der Waals surface area contributed by atoms with Gasteiger partial charge in [0.25, 0.3) is 5.69 Å². The summed E-state index contributed by atoms with van der Waals surface area (Å²) in [5, 5.41) is 39.8. The largest absolute Gasteiger partial charge is 0.345 e. The topological polar surface area (TPSA) is 127 Å². The van der Waals surface area contributed by atoms with Crippen LogP contribution in [-0.2, 0) is 0 Å². The smallest absolute Gasteiger partial charge is 0.285 e. The molecule has 0 atom stereocenters. The third kappa shape index (κ3) is 3.11. The van der Waals surface area contributed by atoms with Crippen molar-refractivity contribution in [2.45, 2.75) is 6.92 Å². The molecule has 0 aliphatic rings. The molecule has 1 aromatic rings. The highest BCUT2D eigenvalue weighted by molar-refractivity contribution is 9.10. The standard InChI is InChI=1S/C12H6BrN5O2/c1-7-2-9(13)12(18(19)20)3-10(7)17-11(6-16)8(4-14)5-15/h2-3,17H,1H3. The highest BCUT2D eigenvalue weighted by atomic mass is 79.9. The minimum absolute atomic E-state index is 0.189. The van der Waals surface area contributed by atoms with Crippen LogP contribution in [0.15, 0.2) is 27.9 Å². The van der Waals surface area contributed by atoms with E-state index in [0.717, 1.165) is 0 Å². The fourth-order valence-electron chi connectivity index (χ4n) is 1.35. The lowest BCUT2D eigenvalue weighted by Gasteiger charge is -2.09. The molecular formula is C12H6BrN5O2. The molecule has 0 unspecified atom stereocenters. The highest BCUT2D eigenvalue weighted by Crippen LogP contribution is 2.31. The molecule has 0 saturated heterocycles. The number of allylic oxidation sites excluding steroid dienone is 2. The summed E-state index contributed by atoms with van der Waals surface area (Å²) in [5.41, 5.74) is 0.0583. The van der Waals surface area contributed by atoms with E-state index in [9.17, 15) is 10.1 Å². The van der Waals surface area contributed by atoms with Gasteiger partial charge in [-0.1, -0.05) is 0 Å². The molecule has 0 aliphatic heterocycles. The van der Waals surface area contributed by atoms with Crippen molar-refractivity contribution in [3.8, 4) is 18.2 Å². The van der Waals surface area contributed by atoms with E-state index >= 15 is 0 Å². The van der Waals surface area contributed by atoms with Gasteiger partial charge in [0.15, 0.2) is 5.57 Å². The maximum absolute atomic E-state index is 10.9. The van der Waals surface area contributed by atoms with E-state index in [4.69, 9.17) is 15.8 Å². The van der Waals surface area contributed by atoms with Gasteiger partial charge >= 0.3 is 0 Å². The molecule has 0 aliphatic carbocycles. The lowest BCUT2D eigenvalue weighted by atomic mass is 10.1. The quantitative estimate of drug-likeness (QED) is 0.515. The summed E-state index contributed by atoms with van der Waals surface area (Å²) in [6.07, 6.45) is 0. The van der Waals surface area contributed by atoms with Gasteiger partial charge in [0.2, 0.25) is 0 Å². The van der Waals surface area contributed by atoms with Crippen molar-refractivity contribution < 1.29 is 4.92 Å². The van der Waals surface area contributed by atoms with Crippen LogP contribution in [0.1, 0.15) is 5.56 Å². The molecule has 0 heterocycles. The molecule has 0 saturated carbocycles. The number of nitrogens with one attached hydrogen (secondary N) is 1. The molecule has 7 nitrogen and oxygen atoms in total. The van der Waals surface area contributed by atoms with E-state index in [0.29, 0.717) is 10.0 Å². The molecule has 0 amide bonds. The summed E-state index contributed by atoms with van der Waals surface area (Å²) in [6.45, 7) is 1.67. The summed E-state index contributed by atoms with van der Waals surface area (Å²) >= 11 is 3.07. The molecule has 1 N–H and O–H groups in total. The summed E-state index contributed by atoms with van der Waals surface area (Å²) in [7, 11) is 0. The van der Waals surface area contributed by atoms with E-state index in [1.54, 1.807) is 25.1 Å². The first-order chi connectivity index (χ1) is 9.44. The van der Waals surface area contributed by atoms with Crippen molar-refractivity contribution in [1.29, 1.82) is 15.8 Å². The second kappa shape index (κ2) is 6.33. The predicted molar refractivity (Wildman–Crippen MR) is 73.0 cm³/mol. The Bertz CT molecular complexity index is 718. The molecule has 20 heavy (non-hydrogen) atoms. The Kier molecular flexibility index (Phi) is 4.80. The summed E-state index contributed by atoms with van der Waals surface area (Å²) in [5.74, 6) is 0. The van der Waals surface area contributed by atoms with Crippen molar-refractivity contribution in [3.63, 3.8) is 0 Å². The summed E-state index contributed by atoms with van der Waals surface area (Å²) in [4.78, 5) is 10.3. The van der Waals surface area contributed by atoms with Crippen molar-refractivity contribution in [2.75, 3.05) is 5.32 Å². The second-order valence-electron chi connectivity index (χ2n) is 3.59. The Labute approximate surface area is 122 Å². The number of aryl methyl sites for hydroxylation is 1. The van der Waals surface area contributed by atoms with Crippen LogP contribution in [0.5, 0.6) is 0 Å². The van der Waals surface area contributed by atoms with Crippen LogP contribution in [-0.4, -0.2) is 4.92 Å². The van der Waals surface area contributed by atoms with Gasteiger partial charge in [-0.2, -0.15) is 15.8 Å². The van der Waals surface area contributed by atoms with Crippen LogP contribution in [0, 0.1) is 51.0 Å². The van der Waals surface area contributed by atoms with Crippen LogP contribution in [0.3, 0.4) is 0 Å². The molecule has 1 rings (SSSR count). The van der Waals surface area contributed by atoms with Gasteiger partial charge in [-0.15, -0.1) is 0 Å². The number of hydrogen-bond acceptors (Lipinski definition) is 6. The van der Waals surface area contributed by atoms with Gasteiger partial charge in [-0.3, -0.25) is 10.1 Å². The number of nitro groups is 1. The number of benzene rings is 1. The van der Waals surface area contributed by atoms with Crippen LogP contribution < -0.4 is 5.32 Å². The lowest BCUT2D eigenvalue weighted by molar-refractivity contribution is -0.385. The molecular weight excluding hydrogens is 326 g/mol. The highest BCUT2D eigenvalue weighted by Gasteiger charge is 2.16. The van der Waals surface area contributed by atoms with Crippen molar-refractivity contribution in [2.24, 2.45) is 0 Å². The first-order valence-corrected chi connectivity index (χ1v) is 5.90. The normalized spacial score (nSPS) is 8.75. The van der Waals surface area contributed by atoms with Gasteiger partial charge in [0.1, 0.15) is 23.9 Å². The Morgan fingerprint density at radius 1 is 1.30 bits per heavy atom. The number of nitro benzene ring substituents is 1. The van der Waals surface area contributed by atoms with Crippen molar-refractivity contribution in [3.05, 3.63) is 43.6 Å². The maximum atomic E-state index is 10.9. The number of anilines is 1. The average molecular weight is 332 g/mol. The van der Waals surface area contributed by atoms with Crippen LogP contribution >= 0.6 is 15.9 Å².